The van der Waals surface area contributed by atoms with E-state index in [1.807, 2.05) is 18.2 Å². The molecule has 1 rings (SSSR count). The maximum absolute atomic E-state index is 5.77. The van der Waals surface area contributed by atoms with Gasteiger partial charge in [0.15, 0.2) is 0 Å². The van der Waals surface area contributed by atoms with Crippen LogP contribution in [0.4, 0.5) is 0 Å². The highest BCUT2D eigenvalue weighted by Crippen LogP contribution is 2.17. The van der Waals surface area contributed by atoms with E-state index in [9.17, 15) is 0 Å². The second kappa shape index (κ2) is 12.6. The molecule has 0 unspecified atom stereocenters. The molecular weight excluding hydrogens is 266 g/mol. The van der Waals surface area contributed by atoms with Crippen molar-refractivity contribution in [1.29, 1.82) is 0 Å². The number of benzene rings is 1. The molecule has 21 heavy (non-hydrogen) atoms. The summed E-state index contributed by atoms with van der Waals surface area (Å²) in [7, 11) is 0. The van der Waals surface area contributed by atoms with E-state index in [1.165, 1.54) is 12.0 Å². The van der Waals surface area contributed by atoms with Gasteiger partial charge in [0.25, 0.3) is 0 Å². The molecule has 0 bridgehead atoms. The Kier molecular flexibility index (Phi) is 10.8. The normalized spacial score (nSPS) is 10.8. The second-order valence-electron chi connectivity index (χ2n) is 4.81. The summed E-state index contributed by atoms with van der Waals surface area (Å²) in [6.45, 7) is 9.32. The van der Waals surface area contributed by atoms with Gasteiger partial charge < -0.3 is 19.5 Å². The van der Waals surface area contributed by atoms with Crippen molar-refractivity contribution in [2.45, 2.75) is 33.2 Å². The summed E-state index contributed by atoms with van der Waals surface area (Å²) in [6, 6.07) is 8.11. The van der Waals surface area contributed by atoms with Gasteiger partial charge in [0.05, 0.1) is 19.8 Å². The molecule has 0 fully saturated rings. The smallest absolute Gasteiger partial charge is 0.123 e. The van der Waals surface area contributed by atoms with Crippen LogP contribution in [0.25, 0.3) is 0 Å². The molecule has 0 heterocycles. The standard InChI is InChI=1S/C17H29NO3/c1-3-5-10-19-11-12-20-13-14-21-17-9-7-6-8-16(17)15-18-4-2/h6-9,18H,3-5,10-15H2,1-2H3. The molecule has 4 heteroatoms. The van der Waals surface area contributed by atoms with E-state index in [1.54, 1.807) is 0 Å². The molecule has 0 amide bonds. The zero-order chi connectivity index (χ0) is 15.2. The monoisotopic (exact) mass is 295 g/mol. The average Bonchev–Trinajstić information content (AvgIpc) is 2.52. The third kappa shape index (κ3) is 8.71. The Bertz CT molecular complexity index is 358. The summed E-state index contributed by atoms with van der Waals surface area (Å²) in [5.41, 5.74) is 1.18. The van der Waals surface area contributed by atoms with Crippen molar-refractivity contribution in [2.75, 3.05) is 39.6 Å². The van der Waals surface area contributed by atoms with Gasteiger partial charge in [-0.05, 0) is 19.0 Å². The van der Waals surface area contributed by atoms with Crippen LogP contribution in [0.5, 0.6) is 5.75 Å². The summed E-state index contributed by atoms with van der Waals surface area (Å²) in [4.78, 5) is 0. The topological polar surface area (TPSA) is 39.7 Å². The molecule has 1 N–H and O–H groups in total. The first-order chi connectivity index (χ1) is 10.4. The van der Waals surface area contributed by atoms with E-state index in [-0.39, 0.29) is 0 Å². The van der Waals surface area contributed by atoms with E-state index in [0.717, 1.165) is 31.9 Å². The minimum atomic E-state index is 0.568. The van der Waals surface area contributed by atoms with Gasteiger partial charge in [-0.3, -0.25) is 0 Å². The van der Waals surface area contributed by atoms with Gasteiger partial charge in [-0.2, -0.15) is 0 Å². The molecule has 0 radical (unpaired) electrons. The predicted octanol–water partition coefficient (Wildman–Crippen LogP) is 3.01. The molecular formula is C17H29NO3. The lowest BCUT2D eigenvalue weighted by atomic mass is 10.2. The van der Waals surface area contributed by atoms with Gasteiger partial charge in [-0.1, -0.05) is 38.5 Å². The van der Waals surface area contributed by atoms with Gasteiger partial charge in [0.1, 0.15) is 12.4 Å². The molecule has 0 aromatic heterocycles. The van der Waals surface area contributed by atoms with Crippen molar-refractivity contribution in [3.05, 3.63) is 29.8 Å². The van der Waals surface area contributed by atoms with Gasteiger partial charge in [0, 0.05) is 18.7 Å². The number of para-hydroxylation sites is 1. The summed E-state index contributed by atoms with van der Waals surface area (Å²) in [5, 5.41) is 3.31. The number of rotatable bonds is 13. The van der Waals surface area contributed by atoms with Crippen LogP contribution in [0.3, 0.4) is 0 Å². The predicted molar refractivity (Wildman–Crippen MR) is 85.9 cm³/mol. The van der Waals surface area contributed by atoms with Crippen LogP contribution in [0.1, 0.15) is 32.3 Å². The van der Waals surface area contributed by atoms with E-state index < -0.39 is 0 Å². The Morgan fingerprint density at radius 3 is 2.38 bits per heavy atom. The number of ether oxygens (including phenoxy) is 3. The molecule has 0 aliphatic rings. The maximum atomic E-state index is 5.77. The SMILES string of the molecule is CCCCOCCOCCOc1ccccc1CNCC. The molecule has 0 spiro atoms. The highest BCUT2D eigenvalue weighted by atomic mass is 16.5. The molecule has 1 aromatic rings. The molecule has 0 aliphatic heterocycles. The number of hydrogen-bond acceptors (Lipinski definition) is 4. The van der Waals surface area contributed by atoms with Gasteiger partial charge in [-0.15, -0.1) is 0 Å². The lowest BCUT2D eigenvalue weighted by Crippen LogP contribution is -2.14. The largest absolute Gasteiger partial charge is 0.491 e. The lowest BCUT2D eigenvalue weighted by Gasteiger charge is -2.12. The molecule has 120 valence electrons. The molecule has 0 saturated carbocycles. The average molecular weight is 295 g/mol. The summed E-state index contributed by atoms with van der Waals surface area (Å²) < 4.78 is 16.7. The van der Waals surface area contributed by atoms with E-state index in [2.05, 4.69) is 25.2 Å². The maximum Gasteiger partial charge on any atom is 0.123 e. The molecule has 0 saturated heterocycles. The summed E-state index contributed by atoms with van der Waals surface area (Å²) in [6.07, 6.45) is 2.28. The van der Waals surface area contributed by atoms with Crippen molar-refractivity contribution < 1.29 is 14.2 Å². The Hall–Kier alpha value is -1.10. The fourth-order valence-electron chi connectivity index (χ4n) is 1.83. The van der Waals surface area contributed by atoms with Crippen molar-refractivity contribution >= 4 is 0 Å². The van der Waals surface area contributed by atoms with Crippen LogP contribution < -0.4 is 10.1 Å². The molecule has 1 aromatic carbocycles. The van der Waals surface area contributed by atoms with Gasteiger partial charge >= 0.3 is 0 Å². The first-order valence-electron chi connectivity index (χ1n) is 7.95. The Labute approximate surface area is 128 Å². The minimum absolute atomic E-state index is 0.568. The third-order valence-electron chi connectivity index (χ3n) is 3.04. The Morgan fingerprint density at radius 1 is 0.905 bits per heavy atom. The number of nitrogens with one attached hydrogen (secondary N) is 1. The summed E-state index contributed by atoms with van der Waals surface area (Å²) >= 11 is 0. The van der Waals surface area contributed by atoms with Crippen LogP contribution in [0.15, 0.2) is 24.3 Å². The van der Waals surface area contributed by atoms with Crippen molar-refractivity contribution in [3.8, 4) is 5.75 Å². The van der Waals surface area contributed by atoms with Gasteiger partial charge in [-0.25, -0.2) is 0 Å². The molecule has 0 aliphatic carbocycles. The van der Waals surface area contributed by atoms with Crippen LogP contribution in [0, 0.1) is 0 Å². The lowest BCUT2D eigenvalue weighted by molar-refractivity contribution is 0.0354. The van der Waals surface area contributed by atoms with Crippen LogP contribution in [-0.2, 0) is 16.0 Å². The third-order valence-corrected chi connectivity index (χ3v) is 3.04. The van der Waals surface area contributed by atoms with E-state index >= 15 is 0 Å². The van der Waals surface area contributed by atoms with Crippen molar-refractivity contribution in [1.82, 2.24) is 5.32 Å². The zero-order valence-electron chi connectivity index (χ0n) is 13.4. The van der Waals surface area contributed by atoms with Crippen LogP contribution in [0.2, 0.25) is 0 Å². The first-order valence-corrected chi connectivity index (χ1v) is 7.95. The zero-order valence-corrected chi connectivity index (χ0v) is 13.4. The quantitative estimate of drug-likeness (QED) is 0.568. The highest BCUT2D eigenvalue weighted by molar-refractivity contribution is 5.33. The fourth-order valence-corrected chi connectivity index (χ4v) is 1.83. The number of hydrogen-bond donors (Lipinski definition) is 1. The molecule has 4 nitrogen and oxygen atoms in total. The van der Waals surface area contributed by atoms with Crippen molar-refractivity contribution in [2.24, 2.45) is 0 Å². The van der Waals surface area contributed by atoms with Gasteiger partial charge in [0.2, 0.25) is 0 Å². The fraction of sp³-hybridized carbons (Fsp3) is 0.647. The van der Waals surface area contributed by atoms with E-state index in [4.69, 9.17) is 14.2 Å². The first kappa shape index (κ1) is 18.0. The minimum Gasteiger partial charge on any atom is -0.491 e. The Morgan fingerprint density at radius 2 is 1.62 bits per heavy atom. The van der Waals surface area contributed by atoms with Crippen molar-refractivity contribution in [3.63, 3.8) is 0 Å². The van der Waals surface area contributed by atoms with E-state index in [0.29, 0.717) is 26.4 Å². The molecule has 0 atom stereocenters. The van der Waals surface area contributed by atoms with Crippen LogP contribution in [-0.4, -0.2) is 39.6 Å². The number of unbranched alkanes of at least 4 members (excludes halogenated alkanes) is 1. The summed E-state index contributed by atoms with van der Waals surface area (Å²) in [5.74, 6) is 0.932. The second-order valence-corrected chi connectivity index (χ2v) is 4.81. The Balaban J connectivity index is 2.09. The van der Waals surface area contributed by atoms with Crippen LogP contribution >= 0.6 is 0 Å². The highest BCUT2D eigenvalue weighted by Gasteiger charge is 2.01.